The summed E-state index contributed by atoms with van der Waals surface area (Å²) >= 11 is 6.75. The van der Waals surface area contributed by atoms with Crippen molar-refractivity contribution in [1.82, 2.24) is 0 Å². The van der Waals surface area contributed by atoms with Crippen LogP contribution in [0.15, 0.2) is 15.0 Å². The Kier molecular flexibility index (Phi) is 7.95. The Labute approximate surface area is 154 Å². The lowest BCUT2D eigenvalue weighted by Gasteiger charge is -2.31. The Morgan fingerprint density at radius 3 is 2.36 bits per heavy atom. The van der Waals surface area contributed by atoms with Gasteiger partial charge < -0.3 is 20.7 Å². The quantitative estimate of drug-likeness (QED) is 0.628. The fraction of sp³-hybridized carbons (Fsp3) is 0.600. The first-order chi connectivity index (χ1) is 9.97. The van der Waals surface area contributed by atoms with Gasteiger partial charge in [-0.1, -0.05) is 19.3 Å². The maximum Gasteiger partial charge on any atom is 0.173 e. The van der Waals surface area contributed by atoms with E-state index < -0.39 is 12.1 Å². The Morgan fingerprint density at radius 1 is 1.23 bits per heavy atom. The Morgan fingerprint density at radius 2 is 1.82 bits per heavy atom. The van der Waals surface area contributed by atoms with Gasteiger partial charge in [0.25, 0.3) is 0 Å². The number of nitrogens with two attached hydrogens (primary N) is 1. The van der Waals surface area contributed by atoms with Crippen LogP contribution in [0.2, 0.25) is 0 Å². The second kappa shape index (κ2) is 8.73. The van der Waals surface area contributed by atoms with E-state index in [-0.39, 0.29) is 24.1 Å². The molecule has 1 saturated carbocycles. The number of hydrogen-bond donors (Lipinski definition) is 3. The Balaban J connectivity index is 0.00000242. The number of halogens is 3. The van der Waals surface area contributed by atoms with Gasteiger partial charge in [0, 0.05) is 4.47 Å². The molecule has 1 aromatic carbocycles. The molecular weight excluding hydrogens is 437 g/mol. The van der Waals surface area contributed by atoms with Crippen molar-refractivity contribution in [3.8, 4) is 11.5 Å². The fourth-order valence-electron chi connectivity index (χ4n) is 2.96. The number of phenols is 1. The topological polar surface area (TPSA) is 75.7 Å². The molecule has 0 spiro atoms. The number of phenolic OH excluding ortho intramolecular Hbond substituents is 1. The van der Waals surface area contributed by atoms with E-state index in [2.05, 4.69) is 31.9 Å². The number of rotatable bonds is 4. The molecule has 0 amide bonds. The molecule has 0 heterocycles. The third-order valence-corrected chi connectivity index (χ3v) is 6.41. The maximum atomic E-state index is 10.6. The lowest BCUT2D eigenvalue weighted by Crippen LogP contribution is -2.34. The van der Waals surface area contributed by atoms with Gasteiger partial charge in [0.05, 0.1) is 23.7 Å². The van der Waals surface area contributed by atoms with Crippen molar-refractivity contribution in [2.45, 2.75) is 44.2 Å². The molecule has 0 bridgehead atoms. The van der Waals surface area contributed by atoms with Crippen LogP contribution < -0.4 is 10.5 Å². The Bertz CT molecular complexity index is 510. The third kappa shape index (κ3) is 4.09. The lowest BCUT2D eigenvalue weighted by molar-refractivity contribution is 0.0615. The van der Waals surface area contributed by atoms with E-state index in [9.17, 15) is 10.2 Å². The standard InChI is InChI=1S/C15H21Br2NO3.ClH/c1-21-10-7-9(11(16)12(17)15(10)20)13(18)14(19)8-5-3-2-4-6-8;/h7-8,13-14,19-20H,2-6,18H2,1H3;1H/t13-,14+;/m1./s1. The summed E-state index contributed by atoms with van der Waals surface area (Å²) in [4.78, 5) is 0. The highest BCUT2D eigenvalue weighted by Gasteiger charge is 2.30. The summed E-state index contributed by atoms with van der Waals surface area (Å²) in [5.41, 5.74) is 7.01. The highest BCUT2D eigenvalue weighted by atomic mass is 79.9. The van der Waals surface area contributed by atoms with Crippen molar-refractivity contribution < 1.29 is 14.9 Å². The first kappa shape index (κ1) is 20.0. The van der Waals surface area contributed by atoms with Gasteiger partial charge >= 0.3 is 0 Å². The van der Waals surface area contributed by atoms with Crippen molar-refractivity contribution in [1.29, 1.82) is 0 Å². The van der Waals surface area contributed by atoms with Gasteiger partial charge in [-0.25, -0.2) is 0 Å². The van der Waals surface area contributed by atoms with Gasteiger partial charge in [-0.15, -0.1) is 12.4 Å². The number of aliphatic hydroxyl groups excluding tert-OH is 1. The molecule has 0 aliphatic heterocycles. The number of aliphatic hydroxyl groups is 1. The van der Waals surface area contributed by atoms with Crippen LogP contribution in [0, 0.1) is 5.92 Å². The fourth-order valence-corrected chi connectivity index (χ4v) is 3.95. The van der Waals surface area contributed by atoms with Gasteiger partial charge in [-0.3, -0.25) is 0 Å². The molecule has 2 atom stereocenters. The number of ether oxygens (including phenoxy) is 1. The molecule has 0 saturated heterocycles. The number of methoxy groups -OCH3 is 1. The zero-order chi connectivity index (χ0) is 15.6. The van der Waals surface area contributed by atoms with Gasteiger partial charge in [-0.2, -0.15) is 0 Å². The van der Waals surface area contributed by atoms with Crippen LogP contribution in [0.1, 0.15) is 43.7 Å². The molecule has 7 heteroatoms. The van der Waals surface area contributed by atoms with Crippen LogP contribution in [0.5, 0.6) is 11.5 Å². The third-order valence-electron chi connectivity index (χ3n) is 4.25. The normalized spacial score (nSPS) is 18.4. The molecule has 4 N–H and O–H groups in total. The summed E-state index contributed by atoms with van der Waals surface area (Å²) in [6.07, 6.45) is 4.98. The number of aromatic hydroxyl groups is 1. The minimum Gasteiger partial charge on any atom is -0.503 e. The molecule has 1 aromatic rings. The predicted octanol–water partition coefficient (Wildman–Crippen LogP) is 4.29. The Hall–Kier alpha value is -0.0100. The molecule has 2 rings (SSSR count). The smallest absolute Gasteiger partial charge is 0.173 e. The zero-order valence-corrected chi connectivity index (χ0v) is 16.4. The molecule has 126 valence electrons. The van der Waals surface area contributed by atoms with Crippen LogP contribution in [-0.2, 0) is 0 Å². The van der Waals surface area contributed by atoms with Crippen LogP contribution in [0.4, 0.5) is 0 Å². The summed E-state index contributed by atoms with van der Waals surface area (Å²) in [5, 5.41) is 20.5. The molecule has 1 aliphatic rings. The second-order valence-corrected chi connectivity index (χ2v) is 7.15. The van der Waals surface area contributed by atoms with E-state index in [0.29, 0.717) is 14.7 Å². The van der Waals surface area contributed by atoms with Crippen LogP contribution in [0.25, 0.3) is 0 Å². The molecule has 0 aromatic heterocycles. The SMILES string of the molecule is COc1cc([C@@H](N)[C@@H](O)C2CCCCC2)c(Br)c(Br)c1O.Cl. The van der Waals surface area contributed by atoms with E-state index in [1.807, 2.05) is 0 Å². The zero-order valence-electron chi connectivity index (χ0n) is 12.4. The summed E-state index contributed by atoms with van der Waals surface area (Å²) < 4.78 is 6.30. The number of hydrogen-bond acceptors (Lipinski definition) is 4. The van der Waals surface area contributed by atoms with E-state index in [1.54, 1.807) is 6.07 Å². The summed E-state index contributed by atoms with van der Waals surface area (Å²) in [5.74, 6) is 0.595. The average molecular weight is 460 g/mol. The highest BCUT2D eigenvalue weighted by molar-refractivity contribution is 9.13. The summed E-state index contributed by atoms with van der Waals surface area (Å²) in [6, 6.07) is 1.16. The minimum atomic E-state index is -0.595. The monoisotopic (exact) mass is 457 g/mol. The van der Waals surface area contributed by atoms with Crippen LogP contribution >= 0.6 is 44.3 Å². The molecule has 0 unspecified atom stereocenters. The van der Waals surface area contributed by atoms with E-state index >= 15 is 0 Å². The molecule has 1 fully saturated rings. The molecular formula is C15H22Br2ClNO3. The van der Waals surface area contributed by atoms with Gasteiger partial charge in [-0.05, 0) is 62.2 Å². The summed E-state index contributed by atoms with van der Waals surface area (Å²) in [7, 11) is 1.49. The van der Waals surface area contributed by atoms with Gasteiger partial charge in [0.2, 0.25) is 0 Å². The van der Waals surface area contributed by atoms with Crippen molar-refractivity contribution >= 4 is 44.3 Å². The van der Waals surface area contributed by atoms with Crippen LogP contribution in [0.3, 0.4) is 0 Å². The van der Waals surface area contributed by atoms with Crippen molar-refractivity contribution in [3.63, 3.8) is 0 Å². The maximum absolute atomic E-state index is 10.6. The van der Waals surface area contributed by atoms with Crippen molar-refractivity contribution in [2.24, 2.45) is 11.7 Å². The van der Waals surface area contributed by atoms with E-state index in [1.165, 1.54) is 13.5 Å². The second-order valence-electron chi connectivity index (χ2n) is 5.56. The van der Waals surface area contributed by atoms with Crippen molar-refractivity contribution in [2.75, 3.05) is 7.11 Å². The molecule has 1 aliphatic carbocycles. The largest absolute Gasteiger partial charge is 0.503 e. The van der Waals surface area contributed by atoms with Gasteiger partial charge in [0.1, 0.15) is 0 Å². The molecule has 22 heavy (non-hydrogen) atoms. The van der Waals surface area contributed by atoms with E-state index in [0.717, 1.165) is 31.2 Å². The first-order valence-corrected chi connectivity index (χ1v) is 8.74. The predicted molar refractivity (Wildman–Crippen MR) is 96.8 cm³/mol. The lowest BCUT2D eigenvalue weighted by atomic mass is 9.81. The molecule has 4 nitrogen and oxygen atoms in total. The number of benzene rings is 1. The molecule has 0 radical (unpaired) electrons. The average Bonchev–Trinajstić information content (AvgIpc) is 2.52. The van der Waals surface area contributed by atoms with Crippen molar-refractivity contribution in [3.05, 3.63) is 20.6 Å². The summed E-state index contributed by atoms with van der Waals surface area (Å²) in [6.45, 7) is 0. The highest BCUT2D eigenvalue weighted by Crippen LogP contribution is 2.44. The van der Waals surface area contributed by atoms with Gasteiger partial charge in [0.15, 0.2) is 11.5 Å². The van der Waals surface area contributed by atoms with Crippen LogP contribution in [-0.4, -0.2) is 23.4 Å². The van der Waals surface area contributed by atoms with E-state index in [4.69, 9.17) is 10.5 Å². The minimum absolute atomic E-state index is 0. The first-order valence-electron chi connectivity index (χ1n) is 7.15.